The zero-order valence-electron chi connectivity index (χ0n) is 26.3. The summed E-state index contributed by atoms with van der Waals surface area (Å²) < 4.78 is 14.4. The average molecular weight is 567 g/mol. The molecule has 0 aliphatic carbocycles. The van der Waals surface area contributed by atoms with Gasteiger partial charge >= 0.3 is 0 Å². The van der Waals surface area contributed by atoms with E-state index in [2.05, 4.69) is 114 Å². The molecule has 0 spiro atoms. The molecule has 216 valence electrons. The van der Waals surface area contributed by atoms with Crippen LogP contribution in [0.15, 0.2) is 89.5 Å². The molecule has 7 rings (SSSR count). The quantitative estimate of drug-likeness (QED) is 0.214. The third-order valence-corrected chi connectivity index (χ3v) is 8.78. The molecular formula is C39H38N2O2. The van der Waals surface area contributed by atoms with Crippen LogP contribution in [-0.4, -0.2) is 16.7 Å². The number of aromatic nitrogens is 2. The van der Waals surface area contributed by atoms with Crippen LogP contribution in [0.3, 0.4) is 0 Å². The lowest BCUT2D eigenvalue weighted by atomic mass is 9.79. The second-order valence-corrected chi connectivity index (χ2v) is 13.8. The van der Waals surface area contributed by atoms with Crippen molar-refractivity contribution in [2.75, 3.05) is 7.11 Å². The summed E-state index contributed by atoms with van der Waals surface area (Å²) in [6.07, 6.45) is 2.04. The number of aryl methyl sites for hydroxylation is 1. The lowest BCUT2D eigenvalue weighted by molar-refractivity contribution is 0.415. The second-order valence-electron chi connectivity index (χ2n) is 13.8. The Kier molecular flexibility index (Phi) is 6.01. The van der Waals surface area contributed by atoms with Crippen LogP contribution in [-0.2, 0) is 10.8 Å². The Labute approximate surface area is 252 Å². The molecule has 0 aliphatic rings. The average Bonchev–Trinajstić information content (AvgIpc) is 3.51. The SMILES string of the molecule is COc1ccc2c3c4oc5ccccc5c4ccc3n(-c3cc(C)c(-c4cc(C(C)(C)C)cc(C(C)(C)C)c4)cn3)c2c1. The number of hydrogen-bond acceptors (Lipinski definition) is 3. The molecule has 7 aromatic rings. The van der Waals surface area contributed by atoms with Crippen molar-refractivity contribution in [3.63, 3.8) is 0 Å². The predicted molar refractivity (Wildman–Crippen MR) is 180 cm³/mol. The minimum atomic E-state index is 0.0430. The van der Waals surface area contributed by atoms with Crippen molar-refractivity contribution in [2.24, 2.45) is 0 Å². The fourth-order valence-corrected chi connectivity index (χ4v) is 6.25. The van der Waals surface area contributed by atoms with Gasteiger partial charge in [0.2, 0.25) is 0 Å². The number of rotatable bonds is 3. The van der Waals surface area contributed by atoms with Gasteiger partial charge in [0.25, 0.3) is 0 Å². The number of pyridine rings is 1. The summed E-state index contributed by atoms with van der Waals surface area (Å²) in [5, 5.41) is 4.43. The summed E-state index contributed by atoms with van der Waals surface area (Å²) in [7, 11) is 1.71. The summed E-state index contributed by atoms with van der Waals surface area (Å²) in [5.74, 6) is 1.67. The van der Waals surface area contributed by atoms with Gasteiger partial charge in [0, 0.05) is 34.0 Å². The zero-order valence-corrected chi connectivity index (χ0v) is 26.3. The summed E-state index contributed by atoms with van der Waals surface area (Å²) in [6, 6.07) is 28.1. The number of ether oxygens (including phenoxy) is 1. The summed E-state index contributed by atoms with van der Waals surface area (Å²) in [6.45, 7) is 15.9. The molecule has 3 heterocycles. The molecule has 0 atom stereocenters. The van der Waals surface area contributed by atoms with Crippen LogP contribution in [0.5, 0.6) is 5.75 Å². The van der Waals surface area contributed by atoms with Gasteiger partial charge in [0.05, 0.1) is 23.5 Å². The molecule has 0 amide bonds. The van der Waals surface area contributed by atoms with Crippen LogP contribution in [0.25, 0.3) is 60.7 Å². The molecule has 4 nitrogen and oxygen atoms in total. The maximum atomic E-state index is 6.49. The Bertz CT molecular complexity index is 2170. The first kappa shape index (κ1) is 27.3. The summed E-state index contributed by atoms with van der Waals surface area (Å²) in [5.41, 5.74) is 10.2. The van der Waals surface area contributed by atoms with E-state index in [0.717, 1.165) is 60.9 Å². The minimum absolute atomic E-state index is 0.0430. The molecule has 4 aromatic carbocycles. The molecule has 0 aliphatic heterocycles. The molecule has 0 saturated carbocycles. The standard InChI is InChI=1S/C39H38N2O2/c1-23-17-35(40-22-31(23)24-18-25(38(2,3)4)20-26(19-24)39(5,6)7)41-32-16-15-29-28-11-9-10-12-34(28)43-37(29)36(32)30-14-13-27(42-8)21-33(30)41/h9-22H,1-8H3. The highest BCUT2D eigenvalue weighted by Crippen LogP contribution is 2.42. The van der Waals surface area contributed by atoms with Crippen molar-refractivity contribution >= 4 is 43.7 Å². The van der Waals surface area contributed by atoms with E-state index in [0.29, 0.717) is 0 Å². The second kappa shape index (κ2) is 9.47. The van der Waals surface area contributed by atoms with Crippen molar-refractivity contribution in [3.05, 3.63) is 102 Å². The van der Waals surface area contributed by atoms with E-state index in [-0.39, 0.29) is 10.8 Å². The van der Waals surface area contributed by atoms with E-state index in [1.54, 1.807) is 7.11 Å². The smallest absolute Gasteiger partial charge is 0.145 e. The molecule has 3 aromatic heterocycles. The van der Waals surface area contributed by atoms with Gasteiger partial charge in [-0.05, 0) is 76.4 Å². The van der Waals surface area contributed by atoms with Gasteiger partial charge in [-0.3, -0.25) is 4.57 Å². The van der Waals surface area contributed by atoms with Crippen molar-refractivity contribution in [1.82, 2.24) is 9.55 Å². The van der Waals surface area contributed by atoms with Gasteiger partial charge in [-0.15, -0.1) is 0 Å². The maximum Gasteiger partial charge on any atom is 0.145 e. The topological polar surface area (TPSA) is 40.2 Å². The van der Waals surface area contributed by atoms with E-state index in [1.807, 2.05) is 24.4 Å². The van der Waals surface area contributed by atoms with E-state index in [4.69, 9.17) is 14.1 Å². The number of methoxy groups -OCH3 is 1. The number of para-hydroxylation sites is 1. The highest BCUT2D eigenvalue weighted by atomic mass is 16.5. The molecule has 43 heavy (non-hydrogen) atoms. The van der Waals surface area contributed by atoms with Crippen LogP contribution in [0.4, 0.5) is 0 Å². The first-order valence-corrected chi connectivity index (χ1v) is 15.0. The zero-order chi connectivity index (χ0) is 30.3. The first-order chi connectivity index (χ1) is 20.4. The van der Waals surface area contributed by atoms with E-state index >= 15 is 0 Å². The normalized spacial score (nSPS) is 12.7. The number of fused-ring (bicyclic) bond motifs is 7. The molecule has 0 N–H and O–H groups in total. The third kappa shape index (κ3) is 4.39. The highest BCUT2D eigenvalue weighted by Gasteiger charge is 2.23. The van der Waals surface area contributed by atoms with Gasteiger partial charge < -0.3 is 9.15 Å². The molecule has 0 saturated heterocycles. The first-order valence-electron chi connectivity index (χ1n) is 15.0. The Morgan fingerprint density at radius 1 is 0.721 bits per heavy atom. The van der Waals surface area contributed by atoms with Crippen LogP contribution < -0.4 is 4.74 Å². The largest absolute Gasteiger partial charge is 0.497 e. The van der Waals surface area contributed by atoms with Gasteiger partial charge in [-0.25, -0.2) is 4.98 Å². The van der Waals surface area contributed by atoms with Crippen LogP contribution >= 0.6 is 0 Å². The molecule has 4 heteroatoms. The fourth-order valence-electron chi connectivity index (χ4n) is 6.25. The lowest BCUT2D eigenvalue weighted by Gasteiger charge is -2.26. The number of hydrogen-bond donors (Lipinski definition) is 0. The summed E-state index contributed by atoms with van der Waals surface area (Å²) in [4.78, 5) is 5.11. The van der Waals surface area contributed by atoms with E-state index in [9.17, 15) is 0 Å². The Balaban J connectivity index is 1.47. The van der Waals surface area contributed by atoms with Crippen LogP contribution in [0.2, 0.25) is 0 Å². The Morgan fingerprint density at radius 2 is 1.42 bits per heavy atom. The maximum absolute atomic E-state index is 6.49. The van der Waals surface area contributed by atoms with Gasteiger partial charge in [-0.2, -0.15) is 0 Å². The molecule has 0 radical (unpaired) electrons. The lowest BCUT2D eigenvalue weighted by Crippen LogP contribution is -2.16. The molecule has 0 fully saturated rings. The summed E-state index contributed by atoms with van der Waals surface area (Å²) >= 11 is 0. The predicted octanol–water partition coefficient (Wildman–Crippen LogP) is 10.7. The van der Waals surface area contributed by atoms with Crippen molar-refractivity contribution in [2.45, 2.75) is 59.3 Å². The van der Waals surface area contributed by atoms with Crippen molar-refractivity contribution in [3.8, 4) is 22.7 Å². The highest BCUT2D eigenvalue weighted by molar-refractivity contribution is 6.23. The number of nitrogens with zero attached hydrogens (tertiary/aromatic N) is 2. The van der Waals surface area contributed by atoms with Gasteiger partial charge in [-0.1, -0.05) is 77.9 Å². The molecular weight excluding hydrogens is 528 g/mol. The Morgan fingerprint density at radius 3 is 2.09 bits per heavy atom. The number of furan rings is 1. The molecule has 0 unspecified atom stereocenters. The third-order valence-electron chi connectivity index (χ3n) is 8.78. The Hall–Kier alpha value is -4.57. The van der Waals surface area contributed by atoms with Crippen LogP contribution in [0, 0.1) is 6.92 Å². The van der Waals surface area contributed by atoms with Gasteiger partial charge in [0.1, 0.15) is 22.7 Å². The van der Waals surface area contributed by atoms with Crippen molar-refractivity contribution < 1.29 is 9.15 Å². The molecule has 0 bridgehead atoms. The van der Waals surface area contributed by atoms with Crippen LogP contribution in [0.1, 0.15) is 58.2 Å². The van der Waals surface area contributed by atoms with E-state index < -0.39 is 0 Å². The van der Waals surface area contributed by atoms with E-state index in [1.165, 1.54) is 22.3 Å². The fraction of sp³-hybridized carbons (Fsp3) is 0.256. The minimum Gasteiger partial charge on any atom is -0.497 e. The van der Waals surface area contributed by atoms with Gasteiger partial charge in [0.15, 0.2) is 0 Å². The number of benzene rings is 4. The van der Waals surface area contributed by atoms with Crippen molar-refractivity contribution in [1.29, 1.82) is 0 Å². The monoisotopic (exact) mass is 566 g/mol.